The predicted octanol–water partition coefficient (Wildman–Crippen LogP) is 3.85. The van der Waals surface area contributed by atoms with Crippen molar-refractivity contribution in [2.75, 3.05) is 37.5 Å². The molecule has 7 heteroatoms. The molecule has 6 nitrogen and oxygen atoms in total. The third-order valence-corrected chi connectivity index (χ3v) is 5.90. The van der Waals surface area contributed by atoms with Gasteiger partial charge in [-0.1, -0.05) is 12.1 Å². The van der Waals surface area contributed by atoms with E-state index in [0.29, 0.717) is 6.04 Å². The molecule has 0 aliphatic carbocycles. The molecule has 1 aliphatic rings. The number of fused-ring (bicyclic) bond motifs is 2. The van der Waals surface area contributed by atoms with Crippen LogP contribution in [0.2, 0.25) is 0 Å². The Morgan fingerprint density at radius 1 is 1.24 bits per heavy atom. The smallest absolute Gasteiger partial charge is 0.189 e. The summed E-state index contributed by atoms with van der Waals surface area (Å²) in [7, 11) is 1.69. The lowest BCUT2D eigenvalue weighted by Crippen LogP contribution is -2.30. The Bertz CT molecular complexity index is 1070. The second-order valence-electron chi connectivity index (χ2n) is 7.12. The highest BCUT2D eigenvalue weighted by Crippen LogP contribution is 2.38. The molecule has 2 heterocycles. The van der Waals surface area contributed by atoms with Crippen LogP contribution < -0.4 is 26.2 Å². The standard InChI is InChI=1S/C22H25BrN4O2/c1-29-15-13-17-19(7-11-25-22(17)18(23)14-15)24-9-4-10-26-27-12-8-21(28)16-5-2-3-6-20(16)27/h2-3,5-6,8,12-14,19,24-26H,4,7,9-11H2,1H3. The van der Waals surface area contributed by atoms with E-state index in [0.717, 1.165) is 59.3 Å². The molecule has 0 amide bonds. The molecule has 1 aromatic heterocycles. The van der Waals surface area contributed by atoms with E-state index in [1.54, 1.807) is 19.4 Å². The molecule has 0 saturated heterocycles. The highest BCUT2D eigenvalue weighted by atomic mass is 79.9. The van der Waals surface area contributed by atoms with Gasteiger partial charge < -0.3 is 20.8 Å². The van der Waals surface area contributed by atoms with Gasteiger partial charge in [0.05, 0.1) is 18.3 Å². The zero-order valence-corrected chi connectivity index (χ0v) is 18.0. The van der Waals surface area contributed by atoms with Crippen molar-refractivity contribution in [2.24, 2.45) is 0 Å². The van der Waals surface area contributed by atoms with E-state index in [2.05, 4.69) is 38.1 Å². The number of nitrogens with one attached hydrogen (secondary N) is 3. The summed E-state index contributed by atoms with van der Waals surface area (Å²) in [6.45, 7) is 2.64. The molecule has 0 fully saturated rings. The number of nitrogens with zero attached hydrogens (tertiary/aromatic N) is 1. The van der Waals surface area contributed by atoms with E-state index >= 15 is 0 Å². The molecule has 1 unspecified atom stereocenters. The number of halogens is 1. The van der Waals surface area contributed by atoms with Crippen LogP contribution in [0.4, 0.5) is 5.69 Å². The maximum absolute atomic E-state index is 12.0. The van der Waals surface area contributed by atoms with Crippen molar-refractivity contribution in [1.29, 1.82) is 0 Å². The number of hydrogen-bond donors (Lipinski definition) is 3. The lowest BCUT2D eigenvalue weighted by atomic mass is 9.97. The number of para-hydroxylation sites is 1. The van der Waals surface area contributed by atoms with Crippen LogP contribution in [-0.4, -0.2) is 31.4 Å². The van der Waals surface area contributed by atoms with Crippen molar-refractivity contribution in [3.05, 3.63) is 68.9 Å². The number of benzene rings is 2. The molecule has 0 radical (unpaired) electrons. The van der Waals surface area contributed by atoms with Crippen LogP contribution in [0, 0.1) is 0 Å². The lowest BCUT2D eigenvalue weighted by molar-refractivity contribution is 0.411. The van der Waals surface area contributed by atoms with Gasteiger partial charge in [-0.2, -0.15) is 0 Å². The fourth-order valence-electron chi connectivity index (χ4n) is 3.80. The number of aromatic nitrogens is 1. The van der Waals surface area contributed by atoms with Gasteiger partial charge in [0.1, 0.15) is 5.75 Å². The Hall–Kier alpha value is -2.51. The minimum atomic E-state index is 0.0477. The normalized spacial score (nSPS) is 15.6. The molecule has 1 atom stereocenters. The first-order valence-electron chi connectivity index (χ1n) is 9.86. The van der Waals surface area contributed by atoms with E-state index in [1.165, 1.54) is 5.56 Å². The van der Waals surface area contributed by atoms with Crippen molar-refractivity contribution < 1.29 is 4.74 Å². The van der Waals surface area contributed by atoms with E-state index < -0.39 is 0 Å². The average Bonchev–Trinajstić information content (AvgIpc) is 2.75. The molecule has 152 valence electrons. The summed E-state index contributed by atoms with van der Waals surface area (Å²) in [5, 5.41) is 7.87. The molecule has 0 saturated carbocycles. The van der Waals surface area contributed by atoms with Gasteiger partial charge in [-0.15, -0.1) is 0 Å². The van der Waals surface area contributed by atoms with Crippen LogP contribution in [0.5, 0.6) is 5.75 Å². The second kappa shape index (κ2) is 8.88. The Morgan fingerprint density at radius 3 is 2.97 bits per heavy atom. The summed E-state index contributed by atoms with van der Waals surface area (Å²) in [6.07, 6.45) is 3.79. The average molecular weight is 457 g/mol. The number of anilines is 1. The topological polar surface area (TPSA) is 67.3 Å². The zero-order chi connectivity index (χ0) is 20.2. The minimum absolute atomic E-state index is 0.0477. The third-order valence-electron chi connectivity index (χ3n) is 5.27. The van der Waals surface area contributed by atoms with Crippen molar-refractivity contribution in [3.63, 3.8) is 0 Å². The Kier molecular flexibility index (Phi) is 6.06. The SMILES string of the molecule is COc1cc(Br)c2c(c1)C(NCCCNn1ccc(=O)c3ccccc31)CCN2. The summed E-state index contributed by atoms with van der Waals surface area (Å²) in [4.78, 5) is 12.0. The minimum Gasteiger partial charge on any atom is -0.497 e. The van der Waals surface area contributed by atoms with Gasteiger partial charge >= 0.3 is 0 Å². The second-order valence-corrected chi connectivity index (χ2v) is 7.98. The van der Waals surface area contributed by atoms with Crippen LogP contribution in [0.3, 0.4) is 0 Å². The summed E-state index contributed by atoms with van der Waals surface area (Å²) >= 11 is 3.64. The largest absolute Gasteiger partial charge is 0.497 e. The molecule has 29 heavy (non-hydrogen) atoms. The number of methoxy groups -OCH3 is 1. The quantitative estimate of drug-likeness (QED) is 0.471. The third kappa shape index (κ3) is 4.26. The first-order chi connectivity index (χ1) is 14.2. The molecule has 0 bridgehead atoms. The number of hydrogen-bond acceptors (Lipinski definition) is 5. The van der Waals surface area contributed by atoms with E-state index in [-0.39, 0.29) is 5.43 Å². The fourth-order valence-corrected chi connectivity index (χ4v) is 4.39. The van der Waals surface area contributed by atoms with Gasteiger partial charge in [0, 0.05) is 41.3 Å². The van der Waals surface area contributed by atoms with Gasteiger partial charge in [-0.3, -0.25) is 9.47 Å². The van der Waals surface area contributed by atoms with Gasteiger partial charge in [0.25, 0.3) is 0 Å². The lowest BCUT2D eigenvalue weighted by Gasteiger charge is -2.29. The molecular weight excluding hydrogens is 432 g/mol. The van der Waals surface area contributed by atoms with Crippen LogP contribution in [0.15, 0.2) is 57.9 Å². The molecule has 4 rings (SSSR count). The van der Waals surface area contributed by atoms with Crippen molar-refractivity contribution >= 4 is 32.5 Å². The summed E-state index contributed by atoms with van der Waals surface area (Å²) in [5.74, 6) is 0.859. The highest BCUT2D eigenvalue weighted by Gasteiger charge is 2.22. The van der Waals surface area contributed by atoms with E-state index in [1.807, 2.05) is 35.0 Å². The number of ether oxygens (including phenoxy) is 1. The Labute approximate surface area is 178 Å². The molecular formula is C22H25BrN4O2. The van der Waals surface area contributed by atoms with Gasteiger partial charge in [-0.05, 0) is 65.1 Å². The highest BCUT2D eigenvalue weighted by molar-refractivity contribution is 9.10. The van der Waals surface area contributed by atoms with E-state index in [9.17, 15) is 4.79 Å². The van der Waals surface area contributed by atoms with Crippen molar-refractivity contribution in [1.82, 2.24) is 9.99 Å². The zero-order valence-electron chi connectivity index (χ0n) is 16.4. The monoisotopic (exact) mass is 456 g/mol. The molecule has 3 aromatic rings. The first-order valence-corrected chi connectivity index (χ1v) is 10.7. The van der Waals surface area contributed by atoms with Crippen LogP contribution >= 0.6 is 15.9 Å². The Morgan fingerprint density at radius 2 is 2.10 bits per heavy atom. The fraction of sp³-hybridized carbons (Fsp3) is 0.318. The first kappa shape index (κ1) is 19.8. The van der Waals surface area contributed by atoms with E-state index in [4.69, 9.17) is 4.74 Å². The van der Waals surface area contributed by atoms with Crippen LogP contribution in [0.25, 0.3) is 10.9 Å². The molecule has 2 aromatic carbocycles. The number of rotatable bonds is 7. The summed E-state index contributed by atoms with van der Waals surface area (Å²) < 4.78 is 8.39. The summed E-state index contributed by atoms with van der Waals surface area (Å²) in [6, 6.07) is 13.7. The molecule has 0 spiro atoms. The molecule has 3 N–H and O–H groups in total. The maximum atomic E-state index is 12.0. The van der Waals surface area contributed by atoms with Crippen LogP contribution in [-0.2, 0) is 0 Å². The maximum Gasteiger partial charge on any atom is 0.189 e. The summed E-state index contributed by atoms with van der Waals surface area (Å²) in [5.41, 5.74) is 6.73. The molecule has 1 aliphatic heterocycles. The number of pyridine rings is 1. The van der Waals surface area contributed by atoms with Gasteiger partial charge in [0.2, 0.25) is 0 Å². The van der Waals surface area contributed by atoms with Crippen LogP contribution in [0.1, 0.15) is 24.4 Å². The van der Waals surface area contributed by atoms with Gasteiger partial charge in [-0.25, -0.2) is 0 Å². The Balaban J connectivity index is 1.35. The van der Waals surface area contributed by atoms with Crippen molar-refractivity contribution in [2.45, 2.75) is 18.9 Å². The van der Waals surface area contributed by atoms with Crippen molar-refractivity contribution in [3.8, 4) is 5.75 Å². The van der Waals surface area contributed by atoms with Gasteiger partial charge in [0.15, 0.2) is 5.43 Å². The predicted molar refractivity (Wildman–Crippen MR) is 122 cm³/mol.